The van der Waals surface area contributed by atoms with Gasteiger partial charge in [0, 0.05) is 34.1 Å². The maximum atomic E-state index is 2.55. The molecule has 67 heavy (non-hydrogen) atoms. The number of anilines is 6. The van der Waals surface area contributed by atoms with E-state index in [0.717, 1.165) is 34.1 Å². The van der Waals surface area contributed by atoms with E-state index in [1.807, 2.05) is 0 Å². The molecule has 2 aliphatic rings. The molecule has 0 atom stereocenters. The number of benzene rings is 11. The Morgan fingerprint density at radius 3 is 1.36 bits per heavy atom. The molecule has 0 saturated heterocycles. The molecule has 11 aromatic carbocycles. The summed E-state index contributed by atoms with van der Waals surface area (Å²) in [5, 5.41) is 7.52. The molecule has 2 aliphatic carbocycles. The summed E-state index contributed by atoms with van der Waals surface area (Å²) < 4.78 is 0. The molecule has 2 heteroatoms. The quantitative estimate of drug-likeness (QED) is 0.154. The average molecular weight is 857 g/mol. The molecule has 2 nitrogen and oxygen atoms in total. The van der Waals surface area contributed by atoms with Crippen molar-refractivity contribution in [2.45, 2.75) is 33.1 Å². The Balaban J connectivity index is 1.12. The van der Waals surface area contributed by atoms with Gasteiger partial charge in [0.05, 0.1) is 5.41 Å². The molecule has 0 heterocycles. The standard InChI is InChI=1S/C65H48N2/c1-41-31-42(2)34-51(33-41)66(47-17-7-5-8-18-47)49-28-27-45-38-59-62(39-46(45)37-49)65(60-25-15-13-22-54(60)55-23-14-16-26-61(55)65)64-57-30-29-50(40-58(57)53-21-11-12-24-56(53)63(59)64)67(48-19-9-6-10-20-48)52-35-43(3)32-44(4)36-52/h5-40H,1-4H3. The summed E-state index contributed by atoms with van der Waals surface area (Å²) in [4.78, 5) is 4.83. The van der Waals surface area contributed by atoms with Crippen LogP contribution in [0, 0.1) is 27.7 Å². The fraction of sp³-hybridized carbons (Fsp3) is 0.0769. The van der Waals surface area contributed by atoms with Gasteiger partial charge in [-0.15, -0.1) is 0 Å². The van der Waals surface area contributed by atoms with Crippen LogP contribution < -0.4 is 9.80 Å². The van der Waals surface area contributed by atoms with Crippen LogP contribution in [-0.4, -0.2) is 0 Å². The van der Waals surface area contributed by atoms with E-state index in [1.54, 1.807) is 0 Å². The van der Waals surface area contributed by atoms with E-state index in [-0.39, 0.29) is 0 Å². The molecule has 0 amide bonds. The topological polar surface area (TPSA) is 6.48 Å². The summed E-state index contributed by atoms with van der Waals surface area (Å²) >= 11 is 0. The van der Waals surface area contributed by atoms with Crippen LogP contribution in [0.3, 0.4) is 0 Å². The lowest BCUT2D eigenvalue weighted by Gasteiger charge is -2.32. The van der Waals surface area contributed by atoms with Gasteiger partial charge in [-0.25, -0.2) is 0 Å². The van der Waals surface area contributed by atoms with Crippen molar-refractivity contribution >= 4 is 66.4 Å². The summed E-state index contributed by atoms with van der Waals surface area (Å²) in [6, 6.07) is 82.2. The fourth-order valence-electron chi connectivity index (χ4n) is 12.1. The summed E-state index contributed by atoms with van der Waals surface area (Å²) in [5.74, 6) is 0. The molecule has 0 saturated carbocycles. The number of rotatable bonds is 6. The maximum absolute atomic E-state index is 2.55. The minimum absolute atomic E-state index is 0.564. The second-order valence-corrected chi connectivity index (χ2v) is 18.8. The van der Waals surface area contributed by atoms with Gasteiger partial charge in [0.2, 0.25) is 0 Å². The van der Waals surface area contributed by atoms with Gasteiger partial charge < -0.3 is 9.80 Å². The highest BCUT2D eigenvalue weighted by atomic mass is 15.1. The van der Waals surface area contributed by atoms with Gasteiger partial charge in [-0.1, -0.05) is 133 Å². The normalized spacial score (nSPS) is 12.9. The first-order valence-electron chi connectivity index (χ1n) is 23.5. The van der Waals surface area contributed by atoms with E-state index < -0.39 is 5.41 Å². The van der Waals surface area contributed by atoms with E-state index in [4.69, 9.17) is 0 Å². The van der Waals surface area contributed by atoms with Crippen molar-refractivity contribution in [3.8, 4) is 22.3 Å². The molecule has 0 radical (unpaired) electrons. The molecule has 318 valence electrons. The van der Waals surface area contributed by atoms with Crippen molar-refractivity contribution in [2.75, 3.05) is 9.80 Å². The Bertz CT molecular complexity index is 3720. The minimum atomic E-state index is -0.564. The fourth-order valence-corrected chi connectivity index (χ4v) is 12.1. The van der Waals surface area contributed by atoms with Gasteiger partial charge in [-0.3, -0.25) is 0 Å². The zero-order valence-corrected chi connectivity index (χ0v) is 38.2. The molecule has 0 unspecified atom stereocenters. The Hall–Kier alpha value is -8.20. The predicted octanol–water partition coefficient (Wildman–Crippen LogP) is 17.7. The van der Waals surface area contributed by atoms with E-state index in [9.17, 15) is 0 Å². The monoisotopic (exact) mass is 856 g/mol. The molecule has 0 aromatic heterocycles. The van der Waals surface area contributed by atoms with E-state index in [1.165, 1.54) is 99.1 Å². The Labute approximate surface area is 392 Å². The number of para-hydroxylation sites is 2. The first kappa shape index (κ1) is 39.2. The van der Waals surface area contributed by atoms with Crippen LogP contribution >= 0.6 is 0 Å². The van der Waals surface area contributed by atoms with E-state index in [0.29, 0.717) is 0 Å². The summed E-state index contributed by atoms with van der Waals surface area (Å²) in [6.45, 7) is 8.77. The third-order valence-corrected chi connectivity index (χ3v) is 14.4. The third kappa shape index (κ3) is 5.89. The van der Waals surface area contributed by atoms with E-state index in [2.05, 4.69) is 256 Å². The van der Waals surface area contributed by atoms with Crippen molar-refractivity contribution < 1.29 is 0 Å². The van der Waals surface area contributed by atoms with Crippen molar-refractivity contribution in [1.29, 1.82) is 0 Å². The van der Waals surface area contributed by atoms with Crippen LogP contribution in [0.1, 0.15) is 44.5 Å². The zero-order valence-electron chi connectivity index (χ0n) is 38.2. The first-order chi connectivity index (χ1) is 32.8. The molecule has 11 aromatic rings. The van der Waals surface area contributed by atoms with Crippen molar-refractivity contribution in [3.05, 3.63) is 263 Å². The lowest BCUT2D eigenvalue weighted by Crippen LogP contribution is -2.26. The maximum Gasteiger partial charge on any atom is 0.0731 e. The molecule has 0 bridgehead atoms. The summed E-state index contributed by atoms with van der Waals surface area (Å²) in [5.41, 5.74) is 21.9. The smallest absolute Gasteiger partial charge is 0.0731 e. The number of hydrogen-bond donors (Lipinski definition) is 0. The third-order valence-electron chi connectivity index (χ3n) is 14.4. The van der Waals surface area contributed by atoms with Crippen LogP contribution in [0.5, 0.6) is 0 Å². The highest BCUT2D eigenvalue weighted by Gasteiger charge is 2.53. The highest BCUT2D eigenvalue weighted by Crippen LogP contribution is 2.66. The Kier molecular flexibility index (Phi) is 8.73. The lowest BCUT2D eigenvalue weighted by molar-refractivity contribution is 0.803. The second-order valence-electron chi connectivity index (χ2n) is 18.8. The van der Waals surface area contributed by atoms with Crippen LogP contribution in [0.4, 0.5) is 34.1 Å². The molecule has 1 spiro atoms. The molecular weight excluding hydrogens is 809 g/mol. The Morgan fingerprint density at radius 2 is 0.776 bits per heavy atom. The van der Waals surface area contributed by atoms with Crippen LogP contribution in [0.2, 0.25) is 0 Å². The Morgan fingerprint density at radius 1 is 0.284 bits per heavy atom. The molecule has 13 rings (SSSR count). The summed E-state index contributed by atoms with van der Waals surface area (Å²) in [7, 11) is 0. The lowest BCUT2D eigenvalue weighted by atomic mass is 9.69. The van der Waals surface area contributed by atoms with Crippen molar-refractivity contribution in [3.63, 3.8) is 0 Å². The van der Waals surface area contributed by atoms with Crippen LogP contribution in [0.15, 0.2) is 218 Å². The molecule has 0 fully saturated rings. The molecular formula is C65H48N2. The van der Waals surface area contributed by atoms with Crippen molar-refractivity contribution in [2.24, 2.45) is 0 Å². The number of aryl methyl sites for hydroxylation is 4. The predicted molar refractivity (Wildman–Crippen MR) is 284 cm³/mol. The SMILES string of the molecule is Cc1cc(C)cc(N(c2ccccc2)c2ccc3cc4c(cc3c2)C2(c3ccccc3-c3ccccc32)c2c-4c3ccccc3c3cc(N(c4ccccc4)c4cc(C)cc(C)c4)ccc23)c1. The van der Waals surface area contributed by atoms with Gasteiger partial charge in [-0.2, -0.15) is 0 Å². The highest BCUT2D eigenvalue weighted by molar-refractivity contribution is 6.21. The zero-order chi connectivity index (χ0) is 45.0. The largest absolute Gasteiger partial charge is 0.310 e. The van der Waals surface area contributed by atoms with Gasteiger partial charge in [0.15, 0.2) is 0 Å². The second kappa shape index (κ2) is 14.9. The van der Waals surface area contributed by atoms with E-state index >= 15 is 0 Å². The molecule has 0 N–H and O–H groups in total. The van der Waals surface area contributed by atoms with Crippen molar-refractivity contribution in [1.82, 2.24) is 0 Å². The van der Waals surface area contributed by atoms with Gasteiger partial charge in [0.1, 0.15) is 0 Å². The number of nitrogens with zero attached hydrogens (tertiary/aromatic N) is 2. The van der Waals surface area contributed by atoms with Crippen LogP contribution in [-0.2, 0) is 5.41 Å². The molecule has 0 aliphatic heterocycles. The minimum Gasteiger partial charge on any atom is -0.310 e. The van der Waals surface area contributed by atoms with Gasteiger partial charge in [-0.05, 0) is 212 Å². The summed E-state index contributed by atoms with van der Waals surface area (Å²) in [6.07, 6.45) is 0. The first-order valence-corrected chi connectivity index (χ1v) is 23.5. The number of hydrogen-bond acceptors (Lipinski definition) is 2. The number of fused-ring (bicyclic) bond motifs is 16. The van der Waals surface area contributed by atoms with Gasteiger partial charge in [0.25, 0.3) is 0 Å². The average Bonchev–Trinajstić information content (AvgIpc) is 3.81. The van der Waals surface area contributed by atoms with Crippen LogP contribution in [0.25, 0.3) is 54.6 Å². The van der Waals surface area contributed by atoms with Gasteiger partial charge >= 0.3 is 0 Å².